The van der Waals surface area contributed by atoms with Crippen LogP contribution < -0.4 is 27.0 Å². The quantitative estimate of drug-likeness (QED) is 0.404. The Kier molecular flexibility index (Phi) is 10.9. The van der Waals surface area contributed by atoms with Gasteiger partial charge in [-0.25, -0.2) is 0 Å². The van der Waals surface area contributed by atoms with Crippen LogP contribution in [-0.2, 0) is 19.2 Å². The number of nitrogens with one attached hydrogen (secondary N) is 4. The molecule has 0 aromatic rings. The van der Waals surface area contributed by atoms with Crippen molar-refractivity contribution in [3.63, 3.8) is 0 Å². The van der Waals surface area contributed by atoms with Gasteiger partial charge in [0.15, 0.2) is 0 Å². The van der Waals surface area contributed by atoms with Crippen LogP contribution >= 0.6 is 0 Å². The van der Waals surface area contributed by atoms with E-state index in [1.165, 1.54) is 6.42 Å². The molecule has 6 N–H and O–H groups in total. The summed E-state index contributed by atoms with van der Waals surface area (Å²) in [6.07, 6.45) is 8.05. The molecule has 9 nitrogen and oxygen atoms in total. The Balaban J connectivity index is 2.19. The van der Waals surface area contributed by atoms with Crippen molar-refractivity contribution < 1.29 is 19.2 Å². The van der Waals surface area contributed by atoms with Crippen LogP contribution in [0.1, 0.15) is 78.1 Å². The van der Waals surface area contributed by atoms with E-state index in [4.69, 9.17) is 5.73 Å². The molecule has 4 atom stereocenters. The monoisotopic (exact) mass is 451 g/mol. The van der Waals surface area contributed by atoms with E-state index in [1.807, 2.05) is 0 Å². The largest absolute Gasteiger partial charge is 0.354 e. The summed E-state index contributed by atoms with van der Waals surface area (Å²) in [6, 6.07) is -2.16. The van der Waals surface area contributed by atoms with Crippen LogP contribution in [0.15, 0.2) is 0 Å². The van der Waals surface area contributed by atoms with Gasteiger partial charge in [0, 0.05) is 12.5 Å². The predicted molar refractivity (Wildman–Crippen MR) is 122 cm³/mol. The molecule has 0 spiro atoms. The van der Waals surface area contributed by atoms with E-state index in [1.54, 1.807) is 13.8 Å². The lowest BCUT2D eigenvalue weighted by atomic mass is 9.84. The minimum absolute atomic E-state index is 0.226. The first-order valence-corrected chi connectivity index (χ1v) is 12.2. The first-order chi connectivity index (χ1) is 15.3. The van der Waals surface area contributed by atoms with Crippen molar-refractivity contribution in [3.05, 3.63) is 0 Å². The van der Waals surface area contributed by atoms with E-state index in [9.17, 15) is 19.2 Å². The van der Waals surface area contributed by atoms with Gasteiger partial charge in [-0.1, -0.05) is 46.0 Å². The third kappa shape index (κ3) is 8.07. The van der Waals surface area contributed by atoms with Gasteiger partial charge >= 0.3 is 0 Å². The Hall–Kier alpha value is -2.16. The fourth-order valence-electron chi connectivity index (χ4n) is 4.46. The standard InChI is InChI=1S/C23H41N5O4/c1-3-17-22(31)28-19(14-16-8-5-4-6-9-16)21(30)25-13-11-15(2)20(29)27-18(10-7-12-24)23(32)26-17/h15-19H,3-14,24H2,1-2H3,(H,25,30)(H,26,32)(H,27,29)(H,28,31)/t15-,17-,18-,19+/m0/s1. The normalized spacial score (nSPS) is 29.3. The third-order valence-corrected chi connectivity index (χ3v) is 6.62. The second kappa shape index (κ2) is 13.4. The van der Waals surface area contributed by atoms with Gasteiger partial charge in [0.05, 0.1) is 0 Å². The molecule has 0 aromatic heterocycles. The molecule has 1 aliphatic heterocycles. The summed E-state index contributed by atoms with van der Waals surface area (Å²) >= 11 is 0. The van der Waals surface area contributed by atoms with Crippen molar-refractivity contribution in [1.82, 2.24) is 21.3 Å². The third-order valence-electron chi connectivity index (χ3n) is 6.62. The lowest BCUT2D eigenvalue weighted by Gasteiger charge is -2.29. The molecular formula is C23H41N5O4. The molecule has 182 valence electrons. The van der Waals surface area contributed by atoms with Crippen LogP contribution in [0.25, 0.3) is 0 Å². The van der Waals surface area contributed by atoms with E-state index >= 15 is 0 Å². The SMILES string of the molecule is CC[C@@H]1NC(=O)[C@H](CCCN)NC(=O)[C@@H](C)CCNC(=O)[C@@H](CC2CCCCC2)NC1=O. The van der Waals surface area contributed by atoms with Crippen LogP contribution in [0.2, 0.25) is 0 Å². The van der Waals surface area contributed by atoms with Gasteiger partial charge in [0.25, 0.3) is 0 Å². The van der Waals surface area contributed by atoms with Crippen molar-refractivity contribution in [2.75, 3.05) is 13.1 Å². The molecular weight excluding hydrogens is 410 g/mol. The fraction of sp³-hybridized carbons (Fsp3) is 0.826. The second-order valence-electron chi connectivity index (χ2n) is 9.24. The maximum atomic E-state index is 13.0. The van der Waals surface area contributed by atoms with E-state index < -0.39 is 24.0 Å². The molecule has 0 aromatic carbocycles. The predicted octanol–water partition coefficient (Wildman–Crippen LogP) is 0.716. The highest BCUT2D eigenvalue weighted by Crippen LogP contribution is 2.27. The van der Waals surface area contributed by atoms with Crippen LogP contribution in [0, 0.1) is 11.8 Å². The molecule has 9 heteroatoms. The summed E-state index contributed by atoms with van der Waals surface area (Å²) in [6.45, 7) is 4.32. The van der Waals surface area contributed by atoms with Gasteiger partial charge in [-0.3, -0.25) is 19.2 Å². The molecule has 0 radical (unpaired) electrons. The summed E-state index contributed by atoms with van der Waals surface area (Å²) in [5.41, 5.74) is 5.59. The summed E-state index contributed by atoms with van der Waals surface area (Å²) < 4.78 is 0. The van der Waals surface area contributed by atoms with Crippen molar-refractivity contribution in [2.45, 2.75) is 96.2 Å². The Morgan fingerprint density at radius 3 is 2.09 bits per heavy atom. The van der Waals surface area contributed by atoms with Crippen LogP contribution in [0.5, 0.6) is 0 Å². The Morgan fingerprint density at radius 2 is 1.44 bits per heavy atom. The zero-order valence-corrected chi connectivity index (χ0v) is 19.6. The molecule has 1 aliphatic carbocycles. The number of rotatable bonds is 6. The smallest absolute Gasteiger partial charge is 0.243 e. The number of hydrogen-bond acceptors (Lipinski definition) is 5. The Morgan fingerprint density at radius 1 is 0.812 bits per heavy atom. The lowest BCUT2D eigenvalue weighted by molar-refractivity contribution is -0.135. The molecule has 1 saturated heterocycles. The Labute approximate surface area is 191 Å². The first-order valence-electron chi connectivity index (χ1n) is 12.2. The van der Waals surface area contributed by atoms with Crippen molar-refractivity contribution in [2.24, 2.45) is 17.6 Å². The average Bonchev–Trinajstić information content (AvgIpc) is 2.79. The van der Waals surface area contributed by atoms with Crippen molar-refractivity contribution >= 4 is 23.6 Å². The van der Waals surface area contributed by atoms with Crippen molar-refractivity contribution in [1.29, 1.82) is 0 Å². The number of nitrogens with two attached hydrogens (primary N) is 1. The van der Waals surface area contributed by atoms with Gasteiger partial charge in [-0.05, 0) is 44.6 Å². The maximum Gasteiger partial charge on any atom is 0.243 e. The lowest BCUT2D eigenvalue weighted by Crippen LogP contribution is -2.57. The number of amides is 4. The van der Waals surface area contributed by atoms with Gasteiger partial charge in [-0.15, -0.1) is 0 Å². The molecule has 0 bridgehead atoms. The summed E-state index contributed by atoms with van der Waals surface area (Å²) in [7, 11) is 0. The number of carbonyl (C=O) groups excluding carboxylic acids is 4. The zero-order valence-electron chi connectivity index (χ0n) is 19.6. The highest BCUT2D eigenvalue weighted by atomic mass is 16.2. The molecule has 32 heavy (non-hydrogen) atoms. The van der Waals surface area contributed by atoms with Gasteiger partial charge in [0.2, 0.25) is 23.6 Å². The Bertz CT molecular complexity index is 650. The maximum absolute atomic E-state index is 13.0. The van der Waals surface area contributed by atoms with Gasteiger partial charge < -0.3 is 27.0 Å². The molecule has 1 saturated carbocycles. The first kappa shape index (κ1) is 26.1. The van der Waals surface area contributed by atoms with E-state index in [2.05, 4.69) is 21.3 Å². The van der Waals surface area contributed by atoms with E-state index in [0.29, 0.717) is 51.1 Å². The van der Waals surface area contributed by atoms with Gasteiger partial charge in [-0.2, -0.15) is 0 Å². The molecule has 2 rings (SSSR count). The topological polar surface area (TPSA) is 142 Å². The zero-order chi connectivity index (χ0) is 23.5. The van der Waals surface area contributed by atoms with E-state index in [0.717, 1.165) is 25.7 Å². The highest BCUT2D eigenvalue weighted by Gasteiger charge is 2.31. The molecule has 2 aliphatic rings. The van der Waals surface area contributed by atoms with E-state index in [-0.39, 0.29) is 23.6 Å². The highest BCUT2D eigenvalue weighted by molar-refractivity contribution is 5.94. The second-order valence-corrected chi connectivity index (χ2v) is 9.24. The molecule has 0 unspecified atom stereocenters. The summed E-state index contributed by atoms with van der Waals surface area (Å²) in [4.78, 5) is 51.4. The minimum Gasteiger partial charge on any atom is -0.354 e. The molecule has 4 amide bonds. The van der Waals surface area contributed by atoms with Crippen LogP contribution in [-0.4, -0.2) is 54.8 Å². The summed E-state index contributed by atoms with van der Waals surface area (Å²) in [5.74, 6) is -1.20. The van der Waals surface area contributed by atoms with Crippen LogP contribution in [0.3, 0.4) is 0 Å². The van der Waals surface area contributed by atoms with Crippen LogP contribution in [0.4, 0.5) is 0 Å². The fourth-order valence-corrected chi connectivity index (χ4v) is 4.46. The molecule has 2 fully saturated rings. The minimum atomic E-state index is -0.776. The average molecular weight is 452 g/mol. The number of hydrogen-bond donors (Lipinski definition) is 5. The number of carbonyl (C=O) groups is 4. The summed E-state index contributed by atoms with van der Waals surface area (Å²) in [5, 5.41) is 11.3. The van der Waals surface area contributed by atoms with Gasteiger partial charge in [0.1, 0.15) is 18.1 Å². The van der Waals surface area contributed by atoms with Crippen molar-refractivity contribution in [3.8, 4) is 0 Å². The molecule has 1 heterocycles.